The number of carbonyl (C=O) groups excluding carboxylic acids is 1. The number of halogens is 1. The zero-order valence-corrected chi connectivity index (χ0v) is 18.2. The lowest BCUT2D eigenvalue weighted by Crippen LogP contribution is -2.36. The Morgan fingerprint density at radius 3 is 2.50 bits per heavy atom. The summed E-state index contributed by atoms with van der Waals surface area (Å²) in [6.45, 7) is 8.26. The molecule has 2 aromatic rings. The molecule has 28 heavy (non-hydrogen) atoms. The van der Waals surface area contributed by atoms with E-state index in [2.05, 4.69) is 34.0 Å². The Labute approximate surface area is 176 Å². The van der Waals surface area contributed by atoms with Crippen LogP contribution in [0.1, 0.15) is 49.5 Å². The van der Waals surface area contributed by atoms with E-state index in [-0.39, 0.29) is 11.9 Å². The van der Waals surface area contributed by atoms with Crippen molar-refractivity contribution >= 4 is 35.1 Å². The minimum atomic E-state index is -0.0335. The minimum Gasteiger partial charge on any atom is -0.356 e. The van der Waals surface area contributed by atoms with Crippen LogP contribution in [0, 0.1) is 5.92 Å². The summed E-state index contributed by atoms with van der Waals surface area (Å²) in [5.41, 5.74) is 1.79. The highest BCUT2D eigenvalue weighted by molar-refractivity contribution is 7.98. The van der Waals surface area contributed by atoms with E-state index >= 15 is 0 Å². The van der Waals surface area contributed by atoms with Crippen molar-refractivity contribution in [3.05, 3.63) is 46.6 Å². The number of hydrogen-bond donors (Lipinski definition) is 1. The number of nitrogens with one attached hydrogen (secondary N) is 1. The van der Waals surface area contributed by atoms with Gasteiger partial charge in [0.2, 0.25) is 0 Å². The first-order valence-corrected chi connectivity index (χ1v) is 11.1. The molecule has 7 heteroatoms. The van der Waals surface area contributed by atoms with E-state index in [9.17, 15) is 4.79 Å². The molecule has 1 aliphatic heterocycles. The third-order valence-corrected chi connectivity index (χ3v) is 6.15. The van der Waals surface area contributed by atoms with Crippen LogP contribution in [0.2, 0.25) is 5.15 Å². The van der Waals surface area contributed by atoms with Crippen LogP contribution in [0.5, 0.6) is 0 Å². The van der Waals surface area contributed by atoms with Gasteiger partial charge in [-0.05, 0) is 43.4 Å². The van der Waals surface area contributed by atoms with Gasteiger partial charge in [-0.25, -0.2) is 9.97 Å². The van der Waals surface area contributed by atoms with Crippen molar-refractivity contribution in [1.82, 2.24) is 15.3 Å². The van der Waals surface area contributed by atoms with E-state index in [0.29, 0.717) is 21.8 Å². The van der Waals surface area contributed by atoms with Gasteiger partial charge in [-0.3, -0.25) is 4.79 Å². The van der Waals surface area contributed by atoms with Gasteiger partial charge in [0.15, 0.2) is 5.16 Å². The van der Waals surface area contributed by atoms with E-state index < -0.39 is 0 Å². The Morgan fingerprint density at radius 1 is 1.18 bits per heavy atom. The molecule has 0 unspecified atom stereocenters. The molecule has 1 aromatic carbocycles. The van der Waals surface area contributed by atoms with Gasteiger partial charge < -0.3 is 10.2 Å². The lowest BCUT2D eigenvalue weighted by Gasteiger charge is -2.17. The monoisotopic (exact) mass is 418 g/mol. The maximum absolute atomic E-state index is 12.3. The molecule has 1 saturated heterocycles. The standard InChI is InChI=1S/C21H27ClN4OS/c1-14(2)15(3)23-20(27)17-8-6-16(7-9-17)13-28-21-24-18(22)12-19(25-21)26-10-4-5-11-26/h6-9,12,14-15H,4-5,10-11,13H2,1-3H3,(H,23,27)/t15-/m1/s1. The molecule has 5 nitrogen and oxygen atoms in total. The van der Waals surface area contributed by atoms with Crippen LogP contribution in [0.25, 0.3) is 0 Å². The molecular weight excluding hydrogens is 392 g/mol. The summed E-state index contributed by atoms with van der Waals surface area (Å²) < 4.78 is 0. The first-order valence-electron chi connectivity index (χ1n) is 9.74. The van der Waals surface area contributed by atoms with Crippen LogP contribution in [-0.4, -0.2) is 35.0 Å². The van der Waals surface area contributed by atoms with E-state index in [1.54, 1.807) is 11.8 Å². The molecule has 1 atom stereocenters. The third-order valence-electron chi connectivity index (χ3n) is 5.03. The summed E-state index contributed by atoms with van der Waals surface area (Å²) in [6, 6.07) is 9.68. The largest absolute Gasteiger partial charge is 0.356 e. The normalized spacial score (nSPS) is 15.1. The van der Waals surface area contributed by atoms with Crippen LogP contribution in [-0.2, 0) is 5.75 Å². The molecule has 1 aliphatic rings. The van der Waals surface area contributed by atoms with Crippen LogP contribution in [0.4, 0.5) is 5.82 Å². The number of anilines is 1. The van der Waals surface area contributed by atoms with E-state index in [1.807, 2.05) is 37.3 Å². The van der Waals surface area contributed by atoms with Gasteiger partial charge in [-0.15, -0.1) is 0 Å². The van der Waals surface area contributed by atoms with Crippen LogP contribution in [0.15, 0.2) is 35.5 Å². The van der Waals surface area contributed by atoms with Crippen LogP contribution in [0.3, 0.4) is 0 Å². The Bertz CT molecular complexity index is 807. The summed E-state index contributed by atoms with van der Waals surface area (Å²) in [4.78, 5) is 23.5. The predicted molar refractivity (Wildman–Crippen MR) is 116 cm³/mol. The van der Waals surface area contributed by atoms with Gasteiger partial charge in [0.25, 0.3) is 5.91 Å². The van der Waals surface area contributed by atoms with Gasteiger partial charge in [-0.1, -0.05) is 49.3 Å². The topological polar surface area (TPSA) is 58.1 Å². The number of thioether (sulfide) groups is 1. The first-order chi connectivity index (χ1) is 13.4. The molecule has 150 valence electrons. The molecule has 3 rings (SSSR count). The van der Waals surface area contributed by atoms with Crippen LogP contribution >= 0.6 is 23.4 Å². The van der Waals surface area contributed by atoms with Crippen molar-refractivity contribution in [3.8, 4) is 0 Å². The number of rotatable bonds is 7. The minimum absolute atomic E-state index is 0.0335. The number of carbonyl (C=O) groups is 1. The Balaban J connectivity index is 1.60. The van der Waals surface area contributed by atoms with Gasteiger partial charge in [-0.2, -0.15) is 0 Å². The fraction of sp³-hybridized carbons (Fsp3) is 0.476. The number of nitrogens with zero attached hydrogens (tertiary/aromatic N) is 3. The molecule has 0 spiro atoms. The fourth-order valence-corrected chi connectivity index (χ4v) is 3.95. The van der Waals surface area contributed by atoms with Crippen molar-refractivity contribution in [3.63, 3.8) is 0 Å². The van der Waals surface area contributed by atoms with Crippen LogP contribution < -0.4 is 10.2 Å². The van der Waals surface area contributed by atoms with Crippen molar-refractivity contribution < 1.29 is 4.79 Å². The van der Waals surface area contributed by atoms with Gasteiger partial charge in [0, 0.05) is 36.5 Å². The maximum Gasteiger partial charge on any atom is 0.251 e. The van der Waals surface area contributed by atoms with Crippen molar-refractivity contribution in [2.75, 3.05) is 18.0 Å². The number of aromatic nitrogens is 2. The summed E-state index contributed by atoms with van der Waals surface area (Å²) in [6.07, 6.45) is 2.39. The Kier molecular flexibility index (Phi) is 7.18. The Hall–Kier alpha value is -1.79. The molecule has 1 N–H and O–H groups in total. The quantitative estimate of drug-likeness (QED) is 0.397. The molecule has 1 amide bonds. The average molecular weight is 419 g/mol. The second-order valence-electron chi connectivity index (χ2n) is 7.52. The third kappa shape index (κ3) is 5.61. The second kappa shape index (κ2) is 9.61. The molecule has 0 aliphatic carbocycles. The predicted octanol–water partition coefficient (Wildman–Crippen LogP) is 4.80. The molecule has 0 radical (unpaired) electrons. The second-order valence-corrected chi connectivity index (χ2v) is 8.85. The summed E-state index contributed by atoms with van der Waals surface area (Å²) in [5, 5.41) is 4.19. The van der Waals surface area contributed by atoms with Crippen molar-refractivity contribution in [2.24, 2.45) is 5.92 Å². The van der Waals surface area contributed by atoms with E-state index in [0.717, 1.165) is 30.2 Å². The summed E-state index contributed by atoms with van der Waals surface area (Å²) in [5.74, 6) is 2.01. The maximum atomic E-state index is 12.3. The van der Waals surface area contributed by atoms with E-state index in [1.165, 1.54) is 12.8 Å². The zero-order chi connectivity index (χ0) is 20.1. The Morgan fingerprint density at radius 2 is 1.86 bits per heavy atom. The number of amides is 1. The molecule has 1 fully saturated rings. The smallest absolute Gasteiger partial charge is 0.251 e. The number of benzene rings is 1. The highest BCUT2D eigenvalue weighted by atomic mass is 35.5. The van der Waals surface area contributed by atoms with E-state index in [4.69, 9.17) is 11.6 Å². The lowest BCUT2D eigenvalue weighted by molar-refractivity contribution is 0.0930. The molecule has 2 heterocycles. The molecule has 1 aromatic heterocycles. The summed E-state index contributed by atoms with van der Waals surface area (Å²) in [7, 11) is 0. The first kappa shape index (κ1) is 20.9. The average Bonchev–Trinajstić information content (AvgIpc) is 3.21. The summed E-state index contributed by atoms with van der Waals surface area (Å²) >= 11 is 7.75. The van der Waals surface area contributed by atoms with Crippen molar-refractivity contribution in [1.29, 1.82) is 0 Å². The highest BCUT2D eigenvalue weighted by Crippen LogP contribution is 2.26. The molecule has 0 saturated carbocycles. The van der Waals surface area contributed by atoms with Gasteiger partial charge >= 0.3 is 0 Å². The number of hydrogen-bond acceptors (Lipinski definition) is 5. The van der Waals surface area contributed by atoms with Crippen molar-refractivity contribution in [2.45, 2.75) is 50.6 Å². The SMILES string of the molecule is CC(C)[C@@H](C)NC(=O)c1ccc(CSc2nc(Cl)cc(N3CCCC3)n2)cc1. The molecular formula is C21H27ClN4OS. The zero-order valence-electron chi connectivity index (χ0n) is 16.6. The molecule has 0 bridgehead atoms. The fourth-order valence-electron chi connectivity index (χ4n) is 2.92. The van der Waals surface area contributed by atoms with Gasteiger partial charge in [0.05, 0.1) is 0 Å². The van der Waals surface area contributed by atoms with Gasteiger partial charge in [0.1, 0.15) is 11.0 Å². The lowest BCUT2D eigenvalue weighted by atomic mass is 10.1. The highest BCUT2D eigenvalue weighted by Gasteiger charge is 2.16.